The van der Waals surface area contributed by atoms with E-state index in [0.29, 0.717) is 41.4 Å². The summed E-state index contributed by atoms with van der Waals surface area (Å²) in [4.78, 5) is 17.1. The number of rotatable bonds is 8. The molecule has 2 heterocycles. The van der Waals surface area contributed by atoms with E-state index in [9.17, 15) is 4.79 Å². The van der Waals surface area contributed by atoms with Crippen molar-refractivity contribution in [2.45, 2.75) is 32.1 Å². The molecule has 1 aliphatic carbocycles. The average Bonchev–Trinajstić information content (AvgIpc) is 3.35. The fourth-order valence-corrected chi connectivity index (χ4v) is 6.31. The smallest absolute Gasteiger partial charge is 0.283 e. The minimum Gasteiger partial charge on any atom is -0.493 e. The Morgan fingerprint density at radius 2 is 1.89 bits per heavy atom. The van der Waals surface area contributed by atoms with Gasteiger partial charge in [0.05, 0.1) is 16.3 Å². The van der Waals surface area contributed by atoms with Crippen LogP contribution in [0.15, 0.2) is 58.1 Å². The van der Waals surface area contributed by atoms with Gasteiger partial charge in [0.2, 0.25) is 5.17 Å². The molecule has 1 amide bonds. The fourth-order valence-electron chi connectivity index (χ4n) is 4.47. The van der Waals surface area contributed by atoms with Crippen LogP contribution in [0.1, 0.15) is 37.7 Å². The molecule has 0 atom stereocenters. The van der Waals surface area contributed by atoms with Crippen molar-refractivity contribution in [1.29, 1.82) is 5.41 Å². The number of thioether (sulfide) groups is 1. The van der Waals surface area contributed by atoms with Gasteiger partial charge in [-0.2, -0.15) is 15.1 Å². The Balaban J connectivity index is 1.30. The molecule has 1 fully saturated rings. The molecule has 2 aromatic carbocycles. The molecule has 10 heteroatoms. The molecule has 1 saturated carbocycles. The van der Waals surface area contributed by atoms with Crippen LogP contribution in [0.4, 0.5) is 0 Å². The Kier molecular flexibility index (Phi) is 8.14. The molecule has 2 aliphatic heterocycles. The van der Waals surface area contributed by atoms with Crippen LogP contribution in [-0.2, 0) is 4.79 Å². The number of para-hydroxylation sites is 1. The second kappa shape index (κ2) is 11.7. The lowest BCUT2D eigenvalue weighted by Crippen LogP contribution is -2.35. The number of benzene rings is 2. The maximum Gasteiger partial charge on any atom is 0.283 e. The largest absolute Gasteiger partial charge is 0.493 e. The van der Waals surface area contributed by atoms with Gasteiger partial charge in [0.25, 0.3) is 5.91 Å². The number of carbonyl (C=O) groups excluding carboxylic acids is 1. The first-order chi connectivity index (χ1) is 18.0. The number of amidine groups is 2. The molecule has 0 saturated heterocycles. The van der Waals surface area contributed by atoms with Gasteiger partial charge >= 0.3 is 0 Å². The third-order valence-corrected chi connectivity index (χ3v) is 8.20. The number of carbonyl (C=O) groups is 1. The predicted octanol–water partition coefficient (Wildman–Crippen LogP) is 5.96. The molecule has 5 rings (SSSR count). The molecule has 37 heavy (non-hydrogen) atoms. The molecular weight excluding hydrogens is 603 g/mol. The first-order valence-electron chi connectivity index (χ1n) is 12.2. The molecule has 0 aromatic heterocycles. The van der Waals surface area contributed by atoms with Crippen LogP contribution in [0.5, 0.6) is 17.2 Å². The Labute approximate surface area is 233 Å². The van der Waals surface area contributed by atoms with Gasteiger partial charge in [-0.1, -0.05) is 37.5 Å². The van der Waals surface area contributed by atoms with Crippen LogP contribution in [0.25, 0.3) is 6.08 Å². The average molecular weight is 631 g/mol. The molecule has 8 nitrogen and oxygen atoms in total. The van der Waals surface area contributed by atoms with Gasteiger partial charge in [0.15, 0.2) is 17.3 Å². The van der Waals surface area contributed by atoms with Crippen molar-refractivity contribution in [1.82, 2.24) is 5.01 Å². The van der Waals surface area contributed by atoms with E-state index >= 15 is 0 Å². The number of amides is 1. The molecule has 0 spiro atoms. The molecule has 3 aliphatic rings. The van der Waals surface area contributed by atoms with Crippen LogP contribution in [-0.4, -0.2) is 47.3 Å². The van der Waals surface area contributed by atoms with Crippen LogP contribution in [0, 0.1) is 14.9 Å². The third kappa shape index (κ3) is 5.85. The third-order valence-electron chi connectivity index (χ3n) is 6.33. The quantitative estimate of drug-likeness (QED) is 0.220. The number of fused-ring (bicyclic) bond motifs is 1. The van der Waals surface area contributed by atoms with Gasteiger partial charge in [-0.25, -0.2) is 0 Å². The summed E-state index contributed by atoms with van der Waals surface area (Å²) >= 11 is 3.60. The summed E-state index contributed by atoms with van der Waals surface area (Å²) in [7, 11) is 1.57. The predicted molar refractivity (Wildman–Crippen MR) is 155 cm³/mol. The summed E-state index contributed by atoms with van der Waals surface area (Å²) in [6.07, 6.45) is 7.51. The van der Waals surface area contributed by atoms with Crippen molar-refractivity contribution in [3.8, 4) is 17.2 Å². The molecule has 1 N–H and O–H groups in total. The van der Waals surface area contributed by atoms with Gasteiger partial charge in [0.1, 0.15) is 24.0 Å². The Bertz CT molecular complexity index is 1290. The number of hydrogen-bond donors (Lipinski definition) is 1. The van der Waals surface area contributed by atoms with E-state index in [1.54, 1.807) is 19.3 Å². The Morgan fingerprint density at radius 1 is 1.14 bits per heavy atom. The van der Waals surface area contributed by atoms with E-state index in [1.807, 2.05) is 36.4 Å². The lowest BCUT2D eigenvalue weighted by atomic mass is 9.90. The fraction of sp³-hybridized carbons (Fsp3) is 0.333. The summed E-state index contributed by atoms with van der Waals surface area (Å²) in [5.41, 5.74) is 0.907. The maximum absolute atomic E-state index is 12.9. The van der Waals surface area contributed by atoms with Gasteiger partial charge in [-0.3, -0.25) is 10.2 Å². The minimum atomic E-state index is -0.434. The highest BCUT2D eigenvalue weighted by Gasteiger charge is 2.38. The van der Waals surface area contributed by atoms with E-state index < -0.39 is 5.91 Å². The summed E-state index contributed by atoms with van der Waals surface area (Å²) in [6, 6.07) is 13.2. The molecule has 0 radical (unpaired) electrons. The van der Waals surface area contributed by atoms with Crippen molar-refractivity contribution in [3.63, 3.8) is 0 Å². The second-order valence-corrected chi connectivity index (χ2v) is 11.0. The van der Waals surface area contributed by atoms with E-state index in [0.717, 1.165) is 27.2 Å². The zero-order valence-corrected chi connectivity index (χ0v) is 23.4. The SMILES string of the molecule is COc1cc(/C=C2/C(=N)N3N=C(C4CCCCC4)SC3=NC2=O)cc(I)c1OCCOc1ccccc1. The Morgan fingerprint density at radius 3 is 2.65 bits per heavy atom. The van der Waals surface area contributed by atoms with Crippen molar-refractivity contribution in [2.24, 2.45) is 16.0 Å². The molecular formula is C27H27IN4O4S. The summed E-state index contributed by atoms with van der Waals surface area (Å²) < 4.78 is 18.0. The van der Waals surface area contributed by atoms with Crippen LogP contribution >= 0.6 is 34.4 Å². The molecule has 0 unspecified atom stereocenters. The van der Waals surface area contributed by atoms with E-state index in [1.165, 1.54) is 36.0 Å². The van der Waals surface area contributed by atoms with E-state index in [4.69, 9.17) is 19.6 Å². The van der Waals surface area contributed by atoms with Gasteiger partial charge in [-0.05, 0) is 83.1 Å². The highest BCUT2D eigenvalue weighted by molar-refractivity contribution is 14.1. The van der Waals surface area contributed by atoms with Crippen LogP contribution in [0.3, 0.4) is 0 Å². The standard InChI is InChI=1S/C27H27IN4O4S/c1-34-22-16-17(15-21(28)23(22)36-13-12-35-19-10-6-3-7-11-19)14-20-24(29)32-27(30-25(20)33)37-26(31-32)18-8-4-2-5-9-18/h3,6-7,10-11,14-16,18,29H,2,4-5,8-9,12-13H2,1H3/b20-14-,29-24?. The number of methoxy groups -OCH3 is 1. The first-order valence-corrected chi connectivity index (χ1v) is 14.1. The normalized spacial score (nSPS) is 19.0. The number of aliphatic imine (C=N–C) groups is 1. The number of ether oxygens (including phenoxy) is 3. The lowest BCUT2D eigenvalue weighted by Gasteiger charge is -2.20. The topological polar surface area (TPSA) is 96.6 Å². The van der Waals surface area contributed by atoms with E-state index in [2.05, 4.69) is 32.7 Å². The van der Waals surface area contributed by atoms with E-state index in [-0.39, 0.29) is 11.4 Å². The van der Waals surface area contributed by atoms with Crippen molar-refractivity contribution in [2.75, 3.05) is 20.3 Å². The zero-order valence-electron chi connectivity index (χ0n) is 20.4. The monoisotopic (exact) mass is 630 g/mol. The van der Waals surface area contributed by atoms with Crippen molar-refractivity contribution < 1.29 is 19.0 Å². The van der Waals surface area contributed by atoms with Gasteiger partial charge in [0, 0.05) is 5.92 Å². The summed E-state index contributed by atoms with van der Waals surface area (Å²) in [6.45, 7) is 0.731. The minimum absolute atomic E-state index is 0.0423. The summed E-state index contributed by atoms with van der Waals surface area (Å²) in [5.74, 6) is 1.92. The maximum atomic E-state index is 12.9. The lowest BCUT2D eigenvalue weighted by molar-refractivity contribution is -0.114. The molecule has 0 bridgehead atoms. The molecule has 192 valence electrons. The summed E-state index contributed by atoms with van der Waals surface area (Å²) in [5, 5.41) is 16.3. The van der Waals surface area contributed by atoms with Crippen LogP contribution in [0.2, 0.25) is 0 Å². The van der Waals surface area contributed by atoms with Crippen molar-refractivity contribution >= 4 is 62.4 Å². The number of hydrogen-bond acceptors (Lipinski definition) is 7. The number of nitrogens with one attached hydrogen (secondary N) is 1. The zero-order chi connectivity index (χ0) is 25.8. The number of halogens is 1. The Hall–Kier alpha value is -2.86. The first kappa shape index (κ1) is 25.8. The van der Waals surface area contributed by atoms with Crippen LogP contribution < -0.4 is 14.2 Å². The highest BCUT2D eigenvalue weighted by atomic mass is 127. The molecule has 2 aromatic rings. The van der Waals surface area contributed by atoms with Gasteiger partial charge < -0.3 is 14.2 Å². The number of hydrazone groups is 1. The second-order valence-electron chi connectivity index (χ2n) is 8.84. The van der Waals surface area contributed by atoms with Gasteiger partial charge in [-0.15, -0.1) is 0 Å². The van der Waals surface area contributed by atoms with Crippen molar-refractivity contribution in [3.05, 3.63) is 57.2 Å². The number of nitrogens with zero attached hydrogens (tertiary/aromatic N) is 3. The highest BCUT2D eigenvalue weighted by Crippen LogP contribution is 2.38.